The first-order valence-electron chi connectivity index (χ1n) is 5.71. The summed E-state index contributed by atoms with van der Waals surface area (Å²) in [6.45, 7) is 3.61. The zero-order valence-electron chi connectivity index (χ0n) is 10.5. The maximum atomic E-state index is 12.1. The van der Waals surface area contributed by atoms with Crippen LogP contribution in [-0.4, -0.2) is 5.78 Å². The van der Waals surface area contributed by atoms with Crippen LogP contribution in [0.2, 0.25) is 10.0 Å². The molecule has 0 atom stereocenters. The summed E-state index contributed by atoms with van der Waals surface area (Å²) in [4.78, 5) is 12.1. The van der Waals surface area contributed by atoms with Crippen molar-refractivity contribution in [2.24, 2.45) is 0 Å². The summed E-state index contributed by atoms with van der Waals surface area (Å²) in [5.41, 5.74) is 2.17. The molecule has 1 heterocycles. The summed E-state index contributed by atoms with van der Waals surface area (Å²) in [5, 5.41) is 1.08. The number of carbonyl (C=O) groups is 1. The number of furan rings is 1. The first-order chi connectivity index (χ1) is 8.99. The van der Waals surface area contributed by atoms with Gasteiger partial charge >= 0.3 is 0 Å². The molecule has 0 bridgehead atoms. The van der Waals surface area contributed by atoms with Crippen LogP contribution < -0.4 is 0 Å². The van der Waals surface area contributed by atoms with Gasteiger partial charge in [0.25, 0.3) is 0 Å². The SMILES string of the molecule is Cc1coc(C)c1C(=O)C=Cc1ccc(Cl)cc1Cl. The lowest BCUT2D eigenvalue weighted by molar-refractivity contribution is 0.104. The van der Waals surface area contributed by atoms with Crippen molar-refractivity contribution in [3.8, 4) is 0 Å². The van der Waals surface area contributed by atoms with E-state index in [1.807, 2.05) is 6.92 Å². The van der Waals surface area contributed by atoms with E-state index in [0.717, 1.165) is 11.1 Å². The number of rotatable bonds is 3. The number of halogens is 2. The molecule has 0 fully saturated rings. The third kappa shape index (κ3) is 3.09. The number of hydrogen-bond acceptors (Lipinski definition) is 2. The Hall–Kier alpha value is -1.51. The maximum absolute atomic E-state index is 12.1. The zero-order chi connectivity index (χ0) is 14.0. The van der Waals surface area contributed by atoms with Crippen LogP contribution in [0.1, 0.15) is 27.2 Å². The van der Waals surface area contributed by atoms with Crippen molar-refractivity contribution < 1.29 is 9.21 Å². The van der Waals surface area contributed by atoms with Crippen LogP contribution >= 0.6 is 23.2 Å². The van der Waals surface area contributed by atoms with Crippen molar-refractivity contribution in [1.82, 2.24) is 0 Å². The van der Waals surface area contributed by atoms with Gasteiger partial charge in [-0.15, -0.1) is 0 Å². The van der Waals surface area contributed by atoms with Crippen LogP contribution in [0.5, 0.6) is 0 Å². The van der Waals surface area contributed by atoms with Crippen LogP contribution in [0.4, 0.5) is 0 Å². The molecule has 0 aliphatic carbocycles. The van der Waals surface area contributed by atoms with Gasteiger partial charge < -0.3 is 4.42 Å². The van der Waals surface area contributed by atoms with E-state index in [9.17, 15) is 4.79 Å². The van der Waals surface area contributed by atoms with Crippen LogP contribution in [0, 0.1) is 13.8 Å². The van der Waals surface area contributed by atoms with Gasteiger partial charge in [-0.3, -0.25) is 4.79 Å². The van der Waals surface area contributed by atoms with Crippen LogP contribution in [0.15, 0.2) is 35.0 Å². The third-order valence-corrected chi connectivity index (χ3v) is 3.34. The Kier molecular flexibility index (Phi) is 4.13. The van der Waals surface area contributed by atoms with E-state index in [4.69, 9.17) is 27.6 Å². The maximum Gasteiger partial charge on any atom is 0.189 e. The number of ketones is 1. The Labute approximate surface area is 121 Å². The number of carbonyl (C=O) groups excluding carboxylic acids is 1. The van der Waals surface area contributed by atoms with Crippen molar-refractivity contribution in [2.75, 3.05) is 0 Å². The van der Waals surface area contributed by atoms with Gasteiger partial charge in [-0.1, -0.05) is 29.3 Å². The molecule has 0 radical (unpaired) electrons. The molecule has 0 spiro atoms. The third-order valence-electron chi connectivity index (χ3n) is 2.78. The number of hydrogen-bond donors (Lipinski definition) is 0. The smallest absolute Gasteiger partial charge is 0.189 e. The van der Waals surface area contributed by atoms with E-state index in [2.05, 4.69) is 0 Å². The molecule has 0 N–H and O–H groups in total. The fourth-order valence-corrected chi connectivity index (χ4v) is 2.30. The van der Waals surface area contributed by atoms with Gasteiger partial charge in [-0.2, -0.15) is 0 Å². The normalized spacial score (nSPS) is 11.2. The second kappa shape index (κ2) is 5.64. The van der Waals surface area contributed by atoms with E-state index in [1.54, 1.807) is 37.5 Å². The lowest BCUT2D eigenvalue weighted by Crippen LogP contribution is -1.96. The Bertz CT molecular complexity index is 635. The van der Waals surface area contributed by atoms with E-state index in [-0.39, 0.29) is 5.78 Å². The van der Waals surface area contributed by atoms with Gasteiger partial charge in [0.1, 0.15) is 5.76 Å². The molecule has 0 amide bonds. The summed E-state index contributed by atoms with van der Waals surface area (Å²) in [7, 11) is 0. The van der Waals surface area contributed by atoms with Gasteiger partial charge in [-0.05, 0) is 49.3 Å². The average Bonchev–Trinajstić information content (AvgIpc) is 2.68. The molecular formula is C15H12Cl2O2. The molecule has 0 saturated heterocycles. The summed E-state index contributed by atoms with van der Waals surface area (Å²) in [6.07, 6.45) is 4.73. The number of benzene rings is 1. The Morgan fingerprint density at radius 2 is 2.00 bits per heavy atom. The first-order valence-corrected chi connectivity index (χ1v) is 6.47. The van der Waals surface area contributed by atoms with Crippen molar-refractivity contribution in [3.05, 3.63) is 63.0 Å². The standard InChI is InChI=1S/C15H12Cl2O2/c1-9-8-19-10(2)15(9)14(18)6-4-11-3-5-12(16)7-13(11)17/h3-8H,1-2H3. The van der Waals surface area contributed by atoms with Crippen LogP contribution in [0.3, 0.4) is 0 Å². The molecule has 0 unspecified atom stereocenters. The molecule has 2 nitrogen and oxygen atoms in total. The van der Waals surface area contributed by atoms with Gasteiger partial charge in [0.15, 0.2) is 5.78 Å². The molecule has 4 heteroatoms. The average molecular weight is 295 g/mol. The highest BCUT2D eigenvalue weighted by Gasteiger charge is 2.12. The zero-order valence-corrected chi connectivity index (χ0v) is 12.0. The Balaban J connectivity index is 2.26. The lowest BCUT2D eigenvalue weighted by atomic mass is 10.1. The molecule has 0 saturated carbocycles. The molecule has 1 aromatic carbocycles. The van der Waals surface area contributed by atoms with E-state index >= 15 is 0 Å². The molecule has 1 aromatic heterocycles. The second-order valence-corrected chi connectivity index (χ2v) is 5.06. The summed E-state index contributed by atoms with van der Waals surface area (Å²) >= 11 is 11.8. The highest BCUT2D eigenvalue weighted by molar-refractivity contribution is 6.35. The highest BCUT2D eigenvalue weighted by atomic mass is 35.5. The van der Waals surface area contributed by atoms with Gasteiger partial charge in [0.2, 0.25) is 0 Å². The van der Waals surface area contributed by atoms with Gasteiger partial charge in [-0.25, -0.2) is 0 Å². The van der Waals surface area contributed by atoms with E-state index in [0.29, 0.717) is 21.4 Å². The van der Waals surface area contributed by atoms with Crippen LogP contribution in [0.25, 0.3) is 6.08 Å². The minimum Gasteiger partial charge on any atom is -0.469 e. The largest absolute Gasteiger partial charge is 0.469 e. The quantitative estimate of drug-likeness (QED) is 0.582. The minimum absolute atomic E-state index is 0.102. The van der Waals surface area contributed by atoms with Crippen molar-refractivity contribution in [3.63, 3.8) is 0 Å². The molecule has 0 aliphatic rings. The number of allylic oxidation sites excluding steroid dienone is 1. The van der Waals surface area contributed by atoms with Gasteiger partial charge in [0, 0.05) is 10.0 Å². The molecule has 0 aliphatic heterocycles. The molecule has 98 valence electrons. The predicted molar refractivity (Wildman–Crippen MR) is 78.0 cm³/mol. The summed E-state index contributed by atoms with van der Waals surface area (Å²) in [6, 6.07) is 5.14. The first kappa shape index (κ1) is 13.9. The molecule has 2 aromatic rings. The summed E-state index contributed by atoms with van der Waals surface area (Å²) in [5.74, 6) is 0.518. The fourth-order valence-electron chi connectivity index (χ4n) is 1.83. The van der Waals surface area contributed by atoms with Crippen molar-refractivity contribution in [2.45, 2.75) is 13.8 Å². The van der Waals surface area contributed by atoms with Crippen molar-refractivity contribution in [1.29, 1.82) is 0 Å². The van der Waals surface area contributed by atoms with Crippen LogP contribution in [-0.2, 0) is 0 Å². The topological polar surface area (TPSA) is 30.2 Å². The van der Waals surface area contributed by atoms with E-state index in [1.165, 1.54) is 6.08 Å². The Morgan fingerprint density at radius 1 is 1.26 bits per heavy atom. The summed E-state index contributed by atoms with van der Waals surface area (Å²) < 4.78 is 5.21. The molecule has 2 rings (SSSR count). The Morgan fingerprint density at radius 3 is 2.58 bits per heavy atom. The monoisotopic (exact) mass is 294 g/mol. The van der Waals surface area contributed by atoms with E-state index < -0.39 is 0 Å². The predicted octanol–water partition coefficient (Wildman–Crippen LogP) is 5.10. The minimum atomic E-state index is -0.102. The van der Waals surface area contributed by atoms with Gasteiger partial charge in [0.05, 0.1) is 11.8 Å². The highest BCUT2D eigenvalue weighted by Crippen LogP contribution is 2.23. The molecule has 19 heavy (non-hydrogen) atoms. The lowest BCUT2D eigenvalue weighted by Gasteiger charge is -1.99. The molecular weight excluding hydrogens is 283 g/mol. The van der Waals surface area contributed by atoms with Crippen molar-refractivity contribution >= 4 is 35.1 Å². The fraction of sp³-hybridized carbons (Fsp3) is 0.133. The number of aryl methyl sites for hydroxylation is 2. The second-order valence-electron chi connectivity index (χ2n) is 4.21.